The van der Waals surface area contributed by atoms with Gasteiger partial charge in [0.2, 0.25) is 0 Å². The monoisotopic (exact) mass is 1070 g/mol. The van der Waals surface area contributed by atoms with Gasteiger partial charge in [-0.05, 0) is 77.2 Å². The van der Waals surface area contributed by atoms with Gasteiger partial charge in [-0.2, -0.15) is 0 Å². The highest BCUT2D eigenvalue weighted by Crippen LogP contribution is 2.38. The number of allylic oxidation sites excluding steroid dienone is 16. The molecule has 0 saturated carbocycles. The number of aliphatic carboxylic acids is 1. The van der Waals surface area contributed by atoms with Crippen molar-refractivity contribution in [3.8, 4) is 0 Å². The highest BCUT2D eigenvalue weighted by Gasteiger charge is 2.51. The minimum Gasteiger partial charge on any atom is -0.481 e. The number of cyclic esters (lactones) is 1. The maximum absolute atomic E-state index is 13.3. The summed E-state index contributed by atoms with van der Waals surface area (Å²) in [5.74, 6) is -6.75. The zero-order valence-electron chi connectivity index (χ0n) is 44.3. The predicted octanol–water partition coefficient (Wildman–Crippen LogP) is 3.34. The number of nitrogens with two attached hydrogens (primary N) is 1. The molecule has 428 valence electrons. The van der Waals surface area contributed by atoms with E-state index in [-0.39, 0.29) is 75.4 Å². The normalized spacial score (nSPS) is 39.7. The van der Waals surface area contributed by atoms with E-state index in [1.54, 1.807) is 85.1 Å². The zero-order chi connectivity index (χ0) is 56.4. The van der Waals surface area contributed by atoms with Crippen LogP contribution in [0.15, 0.2) is 109 Å². The summed E-state index contributed by atoms with van der Waals surface area (Å²) in [6.07, 6.45) is 12.8. The molecule has 3 heterocycles. The lowest BCUT2D eigenvalue weighted by Gasteiger charge is -2.45. The third kappa shape index (κ3) is 24.6. The topological polar surface area (TPSA) is 337 Å². The lowest BCUT2D eigenvalue weighted by molar-refractivity contribution is -0.308. The first-order valence-electron chi connectivity index (χ1n) is 26.5. The maximum atomic E-state index is 13.3. The predicted molar refractivity (Wildman–Crippen MR) is 283 cm³/mol. The van der Waals surface area contributed by atoms with Gasteiger partial charge in [0.15, 0.2) is 17.9 Å². The van der Waals surface area contributed by atoms with Crippen LogP contribution in [-0.4, -0.2) is 171 Å². The molecule has 3 rings (SSSR count). The molecule has 19 atom stereocenters. The quantitative estimate of drug-likeness (QED) is 0.0802. The number of esters is 1. The number of hydrogen-bond donors (Lipinski definition) is 12. The molecule has 19 nitrogen and oxygen atoms in total. The average molecular weight is 1070 g/mol. The van der Waals surface area contributed by atoms with E-state index < -0.39 is 135 Å². The molecule has 3 aliphatic heterocycles. The van der Waals surface area contributed by atoms with E-state index in [1.807, 2.05) is 32.9 Å². The molecule has 2 saturated heterocycles. The molecule has 0 aromatic rings. The fourth-order valence-corrected chi connectivity index (χ4v) is 9.52. The first-order chi connectivity index (χ1) is 36.0. The van der Waals surface area contributed by atoms with Gasteiger partial charge in [-0.3, -0.25) is 14.4 Å². The highest BCUT2D eigenvalue weighted by molar-refractivity contribution is 5.90. The molecule has 76 heavy (non-hydrogen) atoms. The largest absolute Gasteiger partial charge is 0.481 e. The van der Waals surface area contributed by atoms with Gasteiger partial charge < -0.3 is 80.9 Å². The van der Waals surface area contributed by atoms with Gasteiger partial charge in [0.1, 0.15) is 18.1 Å². The SMILES string of the molecule is C/C=C/C=C/C(=O)CC(O)CCC(C)C1OC(=O)CC(O)CC(O)CCCC(O)CC(O)CC(O)CC2(O)CC(O)C(C(=O)O)[C@H](CC(OC3O[C@H](C)[C@@H](O)[C@H](N)[C@H]3O)/C=C/C=C/C=C/C=C\C=C/C=C/C=C/C1C)O2. The summed E-state index contributed by atoms with van der Waals surface area (Å²) >= 11 is 0. The van der Waals surface area contributed by atoms with Crippen molar-refractivity contribution in [1.82, 2.24) is 0 Å². The average Bonchev–Trinajstić information content (AvgIpc) is 3.32. The van der Waals surface area contributed by atoms with Crippen LogP contribution in [0.4, 0.5) is 0 Å². The Bertz CT molecular complexity index is 2020. The summed E-state index contributed by atoms with van der Waals surface area (Å²) in [5, 5.41) is 119. The van der Waals surface area contributed by atoms with Crippen molar-refractivity contribution in [2.45, 2.75) is 209 Å². The number of aliphatic hydroxyl groups excluding tert-OH is 9. The molecule has 3 aliphatic rings. The van der Waals surface area contributed by atoms with Crippen LogP contribution in [0.1, 0.15) is 111 Å². The molecule has 2 bridgehead atoms. The number of fused-ring (bicyclic) bond motifs is 2. The van der Waals surface area contributed by atoms with E-state index in [4.69, 9.17) is 24.7 Å². The minimum atomic E-state index is -2.28. The third-order valence-electron chi connectivity index (χ3n) is 13.6. The summed E-state index contributed by atoms with van der Waals surface area (Å²) in [7, 11) is 0. The van der Waals surface area contributed by atoms with Crippen LogP contribution in [0.2, 0.25) is 0 Å². The standard InChI is InChI=1S/C57H87NO18/c1-5-6-17-22-39(59)28-42(62)27-26-37(3)54-36(2)21-18-15-13-11-9-7-8-10-12-14-16-19-25-46(74-56-53(69)51(58)52(68)38(4)73-56)33-48-50(55(70)71)47(66)35-57(72,76-48)34-45(65)31-43(63)29-40(60)23-20-24-41(61)30-44(64)32-49(67)75-54/h5-19,21-22,25,36-38,40-48,50-54,56,60-66,68-69,72H,20,23-24,26-35,58H2,1-4H3,(H,70,71)/b6-5+,8-7-,11-9-,12-10+,15-13+,16-14+,21-18+,22-17+,25-19+/t36?,37?,38-,40?,41?,42?,43?,44?,45?,46?,47?,48+,50?,51+,52-,53-,54?,56?,57?/m1/s1. The van der Waals surface area contributed by atoms with E-state index >= 15 is 0 Å². The first-order valence-corrected chi connectivity index (χ1v) is 26.5. The molecule has 14 unspecified atom stereocenters. The summed E-state index contributed by atoms with van der Waals surface area (Å²) in [4.78, 5) is 38.1. The third-order valence-corrected chi connectivity index (χ3v) is 13.6. The minimum absolute atomic E-state index is 0.0553. The maximum Gasteiger partial charge on any atom is 0.311 e. The molecular formula is C57H87NO18. The van der Waals surface area contributed by atoms with Crippen LogP contribution in [-0.2, 0) is 33.3 Å². The van der Waals surface area contributed by atoms with Crippen LogP contribution in [0.25, 0.3) is 0 Å². The molecule has 0 aromatic carbocycles. The lowest BCUT2D eigenvalue weighted by Crippen LogP contribution is -2.61. The Labute approximate surface area is 447 Å². The second-order valence-electron chi connectivity index (χ2n) is 20.5. The number of aliphatic hydroxyl groups is 10. The molecule has 13 N–H and O–H groups in total. The Kier molecular flexibility index (Phi) is 30.0. The fourth-order valence-electron chi connectivity index (χ4n) is 9.52. The zero-order valence-corrected chi connectivity index (χ0v) is 44.3. The number of carbonyl (C=O) groups excluding carboxylic acids is 2. The lowest BCUT2D eigenvalue weighted by atomic mass is 9.82. The van der Waals surface area contributed by atoms with Gasteiger partial charge >= 0.3 is 11.9 Å². The smallest absolute Gasteiger partial charge is 0.311 e. The summed E-state index contributed by atoms with van der Waals surface area (Å²) in [6, 6.07) is -1.15. The molecule has 19 heteroatoms. The summed E-state index contributed by atoms with van der Waals surface area (Å²) < 4.78 is 23.7. The number of ether oxygens (including phenoxy) is 4. The number of rotatable bonds is 11. The van der Waals surface area contributed by atoms with Crippen molar-refractivity contribution >= 4 is 17.7 Å². The van der Waals surface area contributed by atoms with Gasteiger partial charge in [0.25, 0.3) is 0 Å². The van der Waals surface area contributed by atoms with Crippen LogP contribution < -0.4 is 5.73 Å². The Hall–Kier alpha value is -4.29. The second-order valence-corrected chi connectivity index (χ2v) is 20.5. The molecule has 0 aliphatic carbocycles. The van der Waals surface area contributed by atoms with E-state index in [1.165, 1.54) is 19.1 Å². The van der Waals surface area contributed by atoms with Crippen LogP contribution in [0, 0.1) is 17.8 Å². The Morgan fingerprint density at radius 2 is 1.33 bits per heavy atom. The highest BCUT2D eigenvalue weighted by atomic mass is 16.7. The summed E-state index contributed by atoms with van der Waals surface area (Å²) in [6.45, 7) is 7.13. The number of hydrogen-bond acceptors (Lipinski definition) is 18. The van der Waals surface area contributed by atoms with Gasteiger partial charge in [-0.25, -0.2) is 0 Å². The van der Waals surface area contributed by atoms with Crippen LogP contribution in [0.5, 0.6) is 0 Å². The Balaban J connectivity index is 1.85. The number of carboxylic acid groups (broad SMARTS) is 1. The second kappa shape index (κ2) is 34.6. The van der Waals surface area contributed by atoms with Crippen molar-refractivity contribution in [1.29, 1.82) is 0 Å². The van der Waals surface area contributed by atoms with E-state index in [0.717, 1.165) is 0 Å². The molecular weight excluding hydrogens is 987 g/mol. The Morgan fingerprint density at radius 3 is 1.92 bits per heavy atom. The fraction of sp³-hybridized carbons (Fsp3) is 0.632. The van der Waals surface area contributed by atoms with E-state index in [0.29, 0.717) is 6.42 Å². The molecule has 0 radical (unpaired) electrons. The Morgan fingerprint density at radius 1 is 0.763 bits per heavy atom. The van der Waals surface area contributed by atoms with Gasteiger partial charge in [0, 0.05) is 31.6 Å². The number of carboxylic acids is 1. The van der Waals surface area contributed by atoms with E-state index in [9.17, 15) is 70.6 Å². The van der Waals surface area contributed by atoms with Crippen LogP contribution in [0.3, 0.4) is 0 Å². The van der Waals surface area contributed by atoms with Crippen molar-refractivity contribution < 1.29 is 89.5 Å². The van der Waals surface area contributed by atoms with Crippen molar-refractivity contribution in [3.63, 3.8) is 0 Å². The van der Waals surface area contributed by atoms with Gasteiger partial charge in [-0.1, -0.05) is 117 Å². The number of carbonyl (C=O) groups is 3. The van der Waals surface area contributed by atoms with Crippen molar-refractivity contribution in [2.75, 3.05) is 0 Å². The van der Waals surface area contributed by atoms with Crippen LogP contribution >= 0.6 is 0 Å². The van der Waals surface area contributed by atoms with E-state index in [2.05, 4.69) is 0 Å². The van der Waals surface area contributed by atoms with Gasteiger partial charge in [-0.15, -0.1) is 0 Å². The first kappa shape index (κ1) is 66.0. The summed E-state index contributed by atoms with van der Waals surface area (Å²) in [5.41, 5.74) is 6.05. The van der Waals surface area contributed by atoms with Crippen molar-refractivity contribution in [3.05, 3.63) is 109 Å². The van der Waals surface area contributed by atoms with Gasteiger partial charge in [0.05, 0.1) is 79.6 Å². The van der Waals surface area contributed by atoms with Crippen molar-refractivity contribution in [2.24, 2.45) is 23.5 Å². The number of ketones is 1. The molecule has 0 spiro atoms. The molecule has 0 aromatic heterocycles. The molecule has 2 fully saturated rings. The molecule has 0 amide bonds.